The summed E-state index contributed by atoms with van der Waals surface area (Å²) in [5.74, 6) is 0. The van der Waals surface area contributed by atoms with E-state index >= 15 is 0 Å². The van der Waals surface area contributed by atoms with Crippen molar-refractivity contribution < 1.29 is 0 Å². The highest BCUT2D eigenvalue weighted by molar-refractivity contribution is 5.83. The van der Waals surface area contributed by atoms with Crippen LogP contribution >= 0.6 is 0 Å². The topological polar surface area (TPSA) is 19.0 Å². The number of H-pyrrole nitrogens is 1. The van der Waals surface area contributed by atoms with Gasteiger partial charge in [-0.2, -0.15) is 0 Å². The molecule has 2 nitrogen and oxygen atoms in total. The van der Waals surface area contributed by atoms with Crippen molar-refractivity contribution in [1.82, 2.24) is 9.88 Å². The van der Waals surface area contributed by atoms with Crippen molar-refractivity contribution in [2.75, 3.05) is 20.1 Å². The number of benzene rings is 1. The third-order valence-corrected chi connectivity index (χ3v) is 3.33. The third kappa shape index (κ3) is 3.10. The quantitative estimate of drug-likeness (QED) is 0.805. The van der Waals surface area contributed by atoms with Gasteiger partial charge in [-0.1, -0.05) is 31.5 Å². The van der Waals surface area contributed by atoms with Gasteiger partial charge in [-0.25, -0.2) is 0 Å². The summed E-state index contributed by atoms with van der Waals surface area (Å²) in [6.45, 7) is 4.59. The summed E-state index contributed by atoms with van der Waals surface area (Å²) in [6.07, 6.45) is 5.85. The Labute approximate surface area is 104 Å². The summed E-state index contributed by atoms with van der Waals surface area (Å²) in [5.41, 5.74) is 2.68. The molecule has 2 aromatic rings. The second kappa shape index (κ2) is 5.87. The molecule has 0 radical (unpaired) electrons. The first-order valence-corrected chi connectivity index (χ1v) is 6.55. The van der Waals surface area contributed by atoms with Crippen LogP contribution in [0.3, 0.4) is 0 Å². The molecule has 0 unspecified atom stereocenters. The molecule has 0 saturated heterocycles. The lowest BCUT2D eigenvalue weighted by molar-refractivity contribution is 0.332. The third-order valence-electron chi connectivity index (χ3n) is 3.33. The van der Waals surface area contributed by atoms with Crippen molar-refractivity contribution in [3.8, 4) is 0 Å². The Kier molecular flexibility index (Phi) is 4.21. The van der Waals surface area contributed by atoms with Gasteiger partial charge in [-0.3, -0.25) is 0 Å². The smallest absolute Gasteiger partial charge is 0.0456 e. The van der Waals surface area contributed by atoms with Gasteiger partial charge < -0.3 is 9.88 Å². The van der Waals surface area contributed by atoms with Gasteiger partial charge in [0.15, 0.2) is 0 Å². The number of aromatic nitrogens is 1. The Hall–Kier alpha value is -1.28. The summed E-state index contributed by atoms with van der Waals surface area (Å²) in [6, 6.07) is 8.53. The normalized spacial score (nSPS) is 11.5. The van der Waals surface area contributed by atoms with Crippen LogP contribution in [0.15, 0.2) is 30.5 Å². The van der Waals surface area contributed by atoms with Gasteiger partial charge in [0, 0.05) is 23.6 Å². The summed E-state index contributed by atoms with van der Waals surface area (Å²) in [7, 11) is 2.21. The molecular formula is C15H22N2. The second-order valence-corrected chi connectivity index (χ2v) is 4.77. The molecule has 0 fully saturated rings. The predicted molar refractivity (Wildman–Crippen MR) is 74.4 cm³/mol. The maximum Gasteiger partial charge on any atom is 0.0456 e. The highest BCUT2D eigenvalue weighted by Crippen LogP contribution is 2.18. The SMILES string of the molecule is CCCCN(C)CCc1c[nH]c2ccccc12. The van der Waals surface area contributed by atoms with E-state index in [-0.39, 0.29) is 0 Å². The van der Waals surface area contributed by atoms with Crippen molar-refractivity contribution in [3.05, 3.63) is 36.0 Å². The van der Waals surface area contributed by atoms with E-state index in [1.54, 1.807) is 0 Å². The van der Waals surface area contributed by atoms with E-state index in [0.717, 1.165) is 13.0 Å². The zero-order valence-corrected chi connectivity index (χ0v) is 10.9. The number of aromatic amines is 1. The van der Waals surface area contributed by atoms with Gasteiger partial charge in [0.2, 0.25) is 0 Å². The summed E-state index contributed by atoms with van der Waals surface area (Å²) < 4.78 is 0. The van der Waals surface area contributed by atoms with Gasteiger partial charge in [-0.05, 0) is 38.1 Å². The van der Waals surface area contributed by atoms with Crippen LogP contribution in [-0.2, 0) is 6.42 Å². The molecular weight excluding hydrogens is 208 g/mol. The molecule has 1 heterocycles. The van der Waals surface area contributed by atoms with E-state index in [2.05, 4.69) is 54.3 Å². The van der Waals surface area contributed by atoms with Gasteiger partial charge >= 0.3 is 0 Å². The van der Waals surface area contributed by atoms with Crippen LogP contribution in [0.1, 0.15) is 25.3 Å². The van der Waals surface area contributed by atoms with Crippen molar-refractivity contribution in [3.63, 3.8) is 0 Å². The van der Waals surface area contributed by atoms with Gasteiger partial charge in [0.1, 0.15) is 0 Å². The van der Waals surface area contributed by atoms with Gasteiger partial charge in [0.25, 0.3) is 0 Å². The number of likely N-dealkylation sites (N-methyl/N-ethyl adjacent to an activating group) is 1. The largest absolute Gasteiger partial charge is 0.361 e. The van der Waals surface area contributed by atoms with Crippen molar-refractivity contribution in [2.24, 2.45) is 0 Å². The first-order valence-electron chi connectivity index (χ1n) is 6.55. The lowest BCUT2D eigenvalue weighted by atomic mass is 10.1. The molecule has 0 amide bonds. The molecule has 0 bridgehead atoms. The minimum Gasteiger partial charge on any atom is -0.361 e. The van der Waals surface area contributed by atoms with Crippen LogP contribution in [0.5, 0.6) is 0 Å². The molecule has 92 valence electrons. The Morgan fingerprint density at radius 3 is 2.82 bits per heavy atom. The molecule has 0 aliphatic heterocycles. The molecule has 1 aromatic carbocycles. The Morgan fingerprint density at radius 1 is 1.18 bits per heavy atom. The molecule has 0 saturated carbocycles. The van der Waals surface area contributed by atoms with Crippen LogP contribution in [-0.4, -0.2) is 30.0 Å². The van der Waals surface area contributed by atoms with E-state index in [9.17, 15) is 0 Å². The van der Waals surface area contributed by atoms with Crippen LogP contribution in [0, 0.1) is 0 Å². The molecule has 0 aliphatic rings. The summed E-state index contributed by atoms with van der Waals surface area (Å²) in [4.78, 5) is 5.76. The predicted octanol–water partition coefficient (Wildman–Crippen LogP) is 3.44. The van der Waals surface area contributed by atoms with Crippen LogP contribution in [0.2, 0.25) is 0 Å². The first kappa shape index (κ1) is 12.2. The number of unbranched alkanes of at least 4 members (excludes halogenated alkanes) is 1. The van der Waals surface area contributed by atoms with E-state index in [1.165, 1.54) is 35.9 Å². The van der Waals surface area contributed by atoms with Crippen LogP contribution < -0.4 is 0 Å². The highest BCUT2D eigenvalue weighted by atomic mass is 15.1. The minimum absolute atomic E-state index is 1.13. The maximum atomic E-state index is 3.34. The molecule has 2 rings (SSSR count). The fourth-order valence-corrected chi connectivity index (χ4v) is 2.19. The summed E-state index contributed by atoms with van der Waals surface area (Å²) >= 11 is 0. The van der Waals surface area contributed by atoms with E-state index < -0.39 is 0 Å². The number of hydrogen-bond donors (Lipinski definition) is 1. The zero-order valence-electron chi connectivity index (χ0n) is 10.9. The molecule has 1 N–H and O–H groups in total. The maximum absolute atomic E-state index is 3.34. The molecule has 0 aliphatic carbocycles. The van der Waals surface area contributed by atoms with Crippen molar-refractivity contribution >= 4 is 10.9 Å². The number of para-hydroxylation sites is 1. The Bertz CT molecular complexity index is 459. The molecule has 1 aromatic heterocycles. The number of rotatable bonds is 6. The molecule has 17 heavy (non-hydrogen) atoms. The highest BCUT2D eigenvalue weighted by Gasteiger charge is 2.04. The fourth-order valence-electron chi connectivity index (χ4n) is 2.19. The van der Waals surface area contributed by atoms with E-state index in [4.69, 9.17) is 0 Å². The number of fused-ring (bicyclic) bond motifs is 1. The van der Waals surface area contributed by atoms with Gasteiger partial charge in [0.05, 0.1) is 0 Å². The number of nitrogens with zero attached hydrogens (tertiary/aromatic N) is 1. The second-order valence-electron chi connectivity index (χ2n) is 4.77. The Balaban J connectivity index is 1.95. The summed E-state index contributed by atoms with van der Waals surface area (Å²) in [5, 5.41) is 1.37. The average Bonchev–Trinajstić information content (AvgIpc) is 2.77. The first-order chi connectivity index (χ1) is 8.31. The van der Waals surface area contributed by atoms with E-state index in [0.29, 0.717) is 0 Å². The van der Waals surface area contributed by atoms with Crippen LogP contribution in [0.4, 0.5) is 0 Å². The average molecular weight is 230 g/mol. The lowest BCUT2D eigenvalue weighted by Crippen LogP contribution is -2.22. The molecule has 0 spiro atoms. The number of hydrogen-bond acceptors (Lipinski definition) is 1. The number of nitrogens with one attached hydrogen (secondary N) is 1. The van der Waals surface area contributed by atoms with Gasteiger partial charge in [-0.15, -0.1) is 0 Å². The molecule has 0 atom stereocenters. The lowest BCUT2D eigenvalue weighted by Gasteiger charge is -2.15. The van der Waals surface area contributed by atoms with E-state index in [1.807, 2.05) is 0 Å². The van der Waals surface area contributed by atoms with Crippen LogP contribution in [0.25, 0.3) is 10.9 Å². The zero-order chi connectivity index (χ0) is 12.1. The standard InChI is InChI=1S/C15H22N2/c1-3-4-10-17(2)11-9-13-12-16-15-8-6-5-7-14(13)15/h5-8,12,16H,3-4,9-11H2,1-2H3. The minimum atomic E-state index is 1.13. The molecule has 2 heteroatoms. The Morgan fingerprint density at radius 2 is 2.00 bits per heavy atom. The van der Waals surface area contributed by atoms with Crippen molar-refractivity contribution in [1.29, 1.82) is 0 Å². The van der Waals surface area contributed by atoms with Crippen molar-refractivity contribution in [2.45, 2.75) is 26.2 Å². The fraction of sp³-hybridized carbons (Fsp3) is 0.467. The monoisotopic (exact) mass is 230 g/mol.